The Hall–Kier alpha value is -1.29. The molecule has 92 valence electrons. The molecule has 0 fully saturated rings. The molecule has 0 spiro atoms. The minimum absolute atomic E-state index is 0.269. The van der Waals surface area contributed by atoms with Crippen LogP contribution in [0.5, 0.6) is 11.5 Å². The topological polar surface area (TPSA) is 35.5 Å². The molecule has 4 heteroatoms. The van der Waals surface area contributed by atoms with Crippen LogP contribution >= 0.6 is 15.9 Å². The summed E-state index contributed by atoms with van der Waals surface area (Å²) >= 11 is 3.21. The molecule has 17 heavy (non-hydrogen) atoms. The Morgan fingerprint density at radius 2 is 2.12 bits per heavy atom. The van der Waals surface area contributed by atoms with Crippen molar-refractivity contribution in [1.82, 2.24) is 0 Å². The highest BCUT2D eigenvalue weighted by Crippen LogP contribution is 2.29. The smallest absolute Gasteiger partial charge is 0.311 e. The Morgan fingerprint density at radius 3 is 2.71 bits per heavy atom. The van der Waals surface area contributed by atoms with Crippen molar-refractivity contribution in [3.63, 3.8) is 0 Å². The minimum atomic E-state index is -0.269. The number of halogens is 1. The highest BCUT2D eigenvalue weighted by atomic mass is 79.9. The Bertz CT molecular complexity index is 413. The molecule has 0 aliphatic carbocycles. The fraction of sp³-hybridized carbons (Fsp3) is 0.308. The molecule has 0 bridgehead atoms. The van der Waals surface area contributed by atoms with Crippen LogP contribution < -0.4 is 9.47 Å². The van der Waals surface area contributed by atoms with E-state index in [9.17, 15) is 4.79 Å². The first-order valence-corrected chi connectivity index (χ1v) is 6.37. The maximum absolute atomic E-state index is 11.2. The number of hydrogen-bond acceptors (Lipinski definition) is 3. The van der Waals surface area contributed by atoms with E-state index in [1.54, 1.807) is 18.0 Å². The first kappa shape index (κ1) is 13.8. The van der Waals surface area contributed by atoms with E-state index in [2.05, 4.69) is 15.9 Å². The molecular weight excluding hydrogens is 284 g/mol. The molecule has 0 saturated carbocycles. The van der Waals surface area contributed by atoms with Crippen molar-refractivity contribution < 1.29 is 14.3 Å². The first-order valence-electron chi connectivity index (χ1n) is 5.45. The monoisotopic (exact) mass is 298 g/mol. The molecule has 0 radical (unpaired) electrons. The third-order valence-electron chi connectivity index (χ3n) is 2.04. The Morgan fingerprint density at radius 1 is 1.35 bits per heavy atom. The molecule has 0 aliphatic rings. The Kier molecular flexibility index (Phi) is 5.77. The minimum Gasteiger partial charge on any atom is -0.490 e. The quantitative estimate of drug-likeness (QED) is 0.613. The second-order valence-corrected chi connectivity index (χ2v) is 3.79. The van der Waals surface area contributed by atoms with Crippen LogP contribution in [0.4, 0.5) is 0 Å². The van der Waals surface area contributed by atoms with E-state index in [-0.39, 0.29) is 5.97 Å². The SMILES string of the molecule is CCOc1cc(/C=C/Br)ccc1OC(=O)CC. The van der Waals surface area contributed by atoms with Gasteiger partial charge in [0.2, 0.25) is 0 Å². The van der Waals surface area contributed by atoms with Crippen molar-refractivity contribution in [2.75, 3.05) is 6.61 Å². The maximum atomic E-state index is 11.2. The second-order valence-electron chi connectivity index (χ2n) is 3.26. The van der Waals surface area contributed by atoms with Gasteiger partial charge in [-0.25, -0.2) is 0 Å². The zero-order valence-corrected chi connectivity index (χ0v) is 11.5. The molecule has 0 heterocycles. The van der Waals surface area contributed by atoms with E-state index in [1.165, 1.54) is 0 Å². The lowest BCUT2D eigenvalue weighted by atomic mass is 10.2. The number of esters is 1. The van der Waals surface area contributed by atoms with Crippen molar-refractivity contribution in [1.29, 1.82) is 0 Å². The van der Waals surface area contributed by atoms with Crippen LogP contribution in [0.2, 0.25) is 0 Å². The van der Waals surface area contributed by atoms with Gasteiger partial charge in [-0.3, -0.25) is 4.79 Å². The molecule has 3 nitrogen and oxygen atoms in total. The van der Waals surface area contributed by atoms with Crippen molar-refractivity contribution in [3.8, 4) is 11.5 Å². The standard InChI is InChI=1S/C13H15BrO3/c1-3-13(15)17-11-6-5-10(7-8-14)9-12(11)16-4-2/h5-9H,3-4H2,1-2H3/b8-7+. The van der Waals surface area contributed by atoms with Gasteiger partial charge in [0.25, 0.3) is 0 Å². The fourth-order valence-electron chi connectivity index (χ4n) is 1.25. The summed E-state index contributed by atoms with van der Waals surface area (Å²) < 4.78 is 10.6. The van der Waals surface area contributed by atoms with Gasteiger partial charge < -0.3 is 9.47 Å². The predicted octanol–water partition coefficient (Wildman–Crippen LogP) is 3.77. The number of benzene rings is 1. The summed E-state index contributed by atoms with van der Waals surface area (Å²) in [5.41, 5.74) is 0.974. The van der Waals surface area contributed by atoms with Gasteiger partial charge in [0.05, 0.1) is 6.61 Å². The van der Waals surface area contributed by atoms with Gasteiger partial charge in [0, 0.05) is 6.42 Å². The Labute approximate surface area is 110 Å². The van der Waals surface area contributed by atoms with E-state index in [4.69, 9.17) is 9.47 Å². The molecule has 1 aromatic rings. The van der Waals surface area contributed by atoms with Gasteiger partial charge in [-0.15, -0.1) is 0 Å². The largest absolute Gasteiger partial charge is 0.490 e. The van der Waals surface area contributed by atoms with E-state index in [0.29, 0.717) is 24.5 Å². The van der Waals surface area contributed by atoms with Crippen LogP contribution in [0.25, 0.3) is 6.08 Å². The molecule has 0 atom stereocenters. The molecule has 1 aromatic carbocycles. The summed E-state index contributed by atoms with van der Waals surface area (Å²) in [5.74, 6) is 0.776. The van der Waals surface area contributed by atoms with Gasteiger partial charge in [-0.1, -0.05) is 28.9 Å². The van der Waals surface area contributed by atoms with E-state index < -0.39 is 0 Å². The van der Waals surface area contributed by atoms with Crippen LogP contribution in [-0.4, -0.2) is 12.6 Å². The van der Waals surface area contributed by atoms with Crippen LogP contribution in [0, 0.1) is 0 Å². The average Bonchev–Trinajstić information content (AvgIpc) is 2.33. The first-order chi connectivity index (χ1) is 8.21. The summed E-state index contributed by atoms with van der Waals surface area (Å²) in [4.78, 5) is 13.0. The zero-order chi connectivity index (χ0) is 12.7. The Balaban J connectivity index is 2.99. The van der Waals surface area contributed by atoms with E-state index in [1.807, 2.05) is 25.1 Å². The number of rotatable bonds is 5. The highest BCUT2D eigenvalue weighted by molar-refractivity contribution is 9.11. The maximum Gasteiger partial charge on any atom is 0.311 e. The zero-order valence-electron chi connectivity index (χ0n) is 9.90. The molecule has 0 aliphatic heterocycles. The molecule has 0 amide bonds. The van der Waals surface area contributed by atoms with Crippen molar-refractivity contribution in [2.24, 2.45) is 0 Å². The lowest BCUT2D eigenvalue weighted by molar-refractivity contribution is -0.134. The molecule has 1 rings (SSSR count). The summed E-state index contributed by atoms with van der Waals surface area (Å²) in [6.07, 6.45) is 2.22. The summed E-state index contributed by atoms with van der Waals surface area (Å²) in [5, 5.41) is 0. The van der Waals surface area contributed by atoms with E-state index >= 15 is 0 Å². The number of carbonyl (C=O) groups excluding carboxylic acids is 1. The molecule has 0 unspecified atom stereocenters. The second kappa shape index (κ2) is 7.12. The van der Waals surface area contributed by atoms with Crippen LogP contribution in [0.3, 0.4) is 0 Å². The van der Waals surface area contributed by atoms with Gasteiger partial charge >= 0.3 is 5.97 Å². The molecule has 0 aromatic heterocycles. The number of ether oxygens (including phenoxy) is 2. The van der Waals surface area contributed by atoms with Crippen LogP contribution in [0.15, 0.2) is 23.2 Å². The predicted molar refractivity (Wildman–Crippen MR) is 71.5 cm³/mol. The third kappa shape index (κ3) is 4.23. The molecule has 0 saturated heterocycles. The van der Waals surface area contributed by atoms with Crippen LogP contribution in [-0.2, 0) is 4.79 Å². The summed E-state index contributed by atoms with van der Waals surface area (Å²) in [6, 6.07) is 5.43. The molecular formula is C13H15BrO3. The average molecular weight is 299 g/mol. The van der Waals surface area contributed by atoms with Gasteiger partial charge in [-0.05, 0) is 35.7 Å². The van der Waals surface area contributed by atoms with E-state index in [0.717, 1.165) is 5.56 Å². The lowest BCUT2D eigenvalue weighted by Gasteiger charge is -2.10. The van der Waals surface area contributed by atoms with Gasteiger partial charge in [0.15, 0.2) is 11.5 Å². The van der Waals surface area contributed by atoms with Crippen molar-refractivity contribution in [3.05, 3.63) is 28.7 Å². The molecule has 0 N–H and O–H groups in total. The lowest BCUT2D eigenvalue weighted by Crippen LogP contribution is -2.07. The number of carbonyl (C=O) groups is 1. The normalized spacial score (nSPS) is 10.5. The summed E-state index contributed by atoms with van der Waals surface area (Å²) in [7, 11) is 0. The number of hydrogen-bond donors (Lipinski definition) is 0. The third-order valence-corrected chi connectivity index (χ3v) is 2.30. The van der Waals surface area contributed by atoms with Gasteiger partial charge in [-0.2, -0.15) is 0 Å². The van der Waals surface area contributed by atoms with Crippen LogP contribution in [0.1, 0.15) is 25.8 Å². The summed E-state index contributed by atoms with van der Waals surface area (Å²) in [6.45, 7) is 4.17. The van der Waals surface area contributed by atoms with Crippen molar-refractivity contribution in [2.45, 2.75) is 20.3 Å². The highest BCUT2D eigenvalue weighted by Gasteiger charge is 2.09. The fourth-order valence-corrected chi connectivity index (χ4v) is 1.55. The van der Waals surface area contributed by atoms with Gasteiger partial charge in [0.1, 0.15) is 0 Å². The van der Waals surface area contributed by atoms with Crippen molar-refractivity contribution >= 4 is 28.0 Å².